The zero-order valence-corrected chi connectivity index (χ0v) is 7.53. The molecule has 1 aromatic heterocycles. The minimum absolute atomic E-state index is 0.542. The molecule has 64 valence electrons. The maximum Gasteiger partial charge on any atom is 0.240 e. The summed E-state index contributed by atoms with van der Waals surface area (Å²) in [6.07, 6.45) is 2.97. The molecule has 0 fully saturated rings. The molecule has 0 aliphatic carbocycles. The van der Waals surface area contributed by atoms with Gasteiger partial charge in [-0.2, -0.15) is 4.99 Å². The topological polar surface area (TPSA) is 42.3 Å². The molecular weight excluding hydrogens is 152 g/mol. The number of hydrogen-bond donors (Lipinski definition) is 0. The van der Waals surface area contributed by atoms with E-state index in [2.05, 4.69) is 9.98 Å². The van der Waals surface area contributed by atoms with Crippen molar-refractivity contribution in [3.05, 3.63) is 24.0 Å². The van der Waals surface area contributed by atoms with Crippen LogP contribution < -0.4 is 0 Å². The first kappa shape index (κ1) is 10.5. The molecule has 12 heavy (non-hydrogen) atoms. The smallest absolute Gasteiger partial charge is 0.240 e. The van der Waals surface area contributed by atoms with Crippen LogP contribution >= 0.6 is 0 Å². The van der Waals surface area contributed by atoms with Crippen LogP contribution in [0.5, 0.6) is 0 Å². The lowest BCUT2D eigenvalue weighted by Gasteiger charge is -1.89. The lowest BCUT2D eigenvalue weighted by Crippen LogP contribution is -1.75. The maximum absolute atomic E-state index is 9.74. The maximum atomic E-state index is 9.74. The molecule has 0 saturated heterocycles. The second-order valence-electron chi connectivity index (χ2n) is 1.86. The Kier molecular flexibility index (Phi) is 5.49. The Morgan fingerprint density at radius 3 is 2.50 bits per heavy atom. The molecule has 0 aliphatic rings. The number of pyridine rings is 1. The molecule has 0 spiro atoms. The van der Waals surface area contributed by atoms with Crippen LogP contribution in [0.15, 0.2) is 23.3 Å². The van der Waals surface area contributed by atoms with E-state index >= 15 is 0 Å². The Labute approximate surface area is 72.2 Å². The van der Waals surface area contributed by atoms with Gasteiger partial charge < -0.3 is 0 Å². The average Bonchev–Trinajstić information content (AvgIpc) is 2.13. The van der Waals surface area contributed by atoms with E-state index in [1.165, 1.54) is 12.3 Å². The summed E-state index contributed by atoms with van der Waals surface area (Å²) in [7, 11) is 0. The van der Waals surface area contributed by atoms with Gasteiger partial charge in [-0.3, -0.25) is 4.98 Å². The Balaban J connectivity index is 0.000000561. The van der Waals surface area contributed by atoms with E-state index in [1.807, 2.05) is 20.8 Å². The largest absolute Gasteiger partial charge is 0.259 e. The second-order valence-corrected chi connectivity index (χ2v) is 1.86. The van der Waals surface area contributed by atoms with Gasteiger partial charge in [0.05, 0.1) is 11.9 Å². The van der Waals surface area contributed by atoms with Gasteiger partial charge in [0, 0.05) is 5.69 Å². The standard InChI is InChI=1S/C7H6N2O.C2H6/c1-6-2-3-7(4-8-6)9-5-10;1-2/h2-4H,1H3;1-2H3. The normalized spacial score (nSPS) is 7.58. The predicted octanol–water partition coefficient (Wildman–Crippen LogP) is 2.38. The third kappa shape index (κ3) is 3.64. The van der Waals surface area contributed by atoms with Crippen molar-refractivity contribution in [2.45, 2.75) is 20.8 Å². The first-order valence-corrected chi connectivity index (χ1v) is 3.83. The number of aliphatic imine (C=N–C) groups is 1. The first-order chi connectivity index (χ1) is 5.83. The summed E-state index contributed by atoms with van der Waals surface area (Å²) in [5.41, 5.74) is 1.45. The molecule has 1 rings (SSSR count). The highest BCUT2D eigenvalue weighted by Gasteiger charge is 1.86. The predicted molar refractivity (Wildman–Crippen MR) is 48.1 cm³/mol. The van der Waals surface area contributed by atoms with Crippen molar-refractivity contribution in [1.82, 2.24) is 4.98 Å². The summed E-state index contributed by atoms with van der Waals surface area (Å²) in [5.74, 6) is 0. The van der Waals surface area contributed by atoms with Gasteiger partial charge in [0.2, 0.25) is 6.08 Å². The van der Waals surface area contributed by atoms with Crippen molar-refractivity contribution in [3.8, 4) is 0 Å². The van der Waals surface area contributed by atoms with E-state index < -0.39 is 0 Å². The summed E-state index contributed by atoms with van der Waals surface area (Å²) >= 11 is 0. The minimum Gasteiger partial charge on any atom is -0.259 e. The van der Waals surface area contributed by atoms with E-state index in [0.29, 0.717) is 5.69 Å². The molecule has 0 radical (unpaired) electrons. The average molecular weight is 164 g/mol. The second kappa shape index (κ2) is 6.25. The van der Waals surface area contributed by atoms with Crippen molar-refractivity contribution in [2.75, 3.05) is 0 Å². The molecule has 0 unspecified atom stereocenters. The van der Waals surface area contributed by atoms with Crippen LogP contribution in [0.3, 0.4) is 0 Å². The van der Waals surface area contributed by atoms with Crippen molar-refractivity contribution >= 4 is 11.8 Å². The zero-order valence-electron chi connectivity index (χ0n) is 7.53. The number of nitrogens with zero attached hydrogens (tertiary/aromatic N) is 2. The lowest BCUT2D eigenvalue weighted by molar-refractivity contribution is 0.565. The van der Waals surface area contributed by atoms with Crippen LogP contribution in [0.4, 0.5) is 5.69 Å². The van der Waals surface area contributed by atoms with Crippen LogP contribution in [-0.4, -0.2) is 11.1 Å². The van der Waals surface area contributed by atoms with Crippen molar-refractivity contribution in [1.29, 1.82) is 0 Å². The van der Waals surface area contributed by atoms with Crippen LogP contribution in [0.1, 0.15) is 19.5 Å². The van der Waals surface area contributed by atoms with Crippen molar-refractivity contribution < 1.29 is 4.79 Å². The minimum atomic E-state index is 0.542. The van der Waals surface area contributed by atoms with Crippen LogP contribution in [0.25, 0.3) is 0 Å². The zero-order chi connectivity index (χ0) is 9.40. The van der Waals surface area contributed by atoms with Gasteiger partial charge in [-0.25, -0.2) is 4.79 Å². The molecule has 1 aromatic rings. The van der Waals surface area contributed by atoms with Crippen LogP contribution in [0, 0.1) is 6.92 Å². The highest BCUT2D eigenvalue weighted by atomic mass is 16.1. The van der Waals surface area contributed by atoms with Gasteiger partial charge in [0.1, 0.15) is 0 Å². The Bertz CT molecular complexity index is 260. The molecule has 0 N–H and O–H groups in total. The molecule has 0 aliphatic heterocycles. The summed E-state index contributed by atoms with van der Waals surface area (Å²) in [5, 5.41) is 0. The molecular formula is C9H12N2O. The highest BCUT2D eigenvalue weighted by Crippen LogP contribution is 2.07. The molecule has 0 saturated carbocycles. The fourth-order valence-electron chi connectivity index (χ4n) is 0.579. The Morgan fingerprint density at radius 2 is 2.08 bits per heavy atom. The van der Waals surface area contributed by atoms with E-state index in [0.717, 1.165) is 5.69 Å². The molecule has 1 heterocycles. The molecule has 0 aromatic carbocycles. The molecule has 3 heteroatoms. The number of isocyanates is 1. The van der Waals surface area contributed by atoms with Crippen LogP contribution in [0.2, 0.25) is 0 Å². The lowest BCUT2D eigenvalue weighted by atomic mass is 10.3. The van der Waals surface area contributed by atoms with Crippen molar-refractivity contribution in [3.63, 3.8) is 0 Å². The number of aromatic nitrogens is 1. The third-order valence-corrected chi connectivity index (χ3v) is 1.07. The summed E-state index contributed by atoms with van der Waals surface area (Å²) in [6, 6.07) is 3.50. The Morgan fingerprint density at radius 1 is 1.42 bits per heavy atom. The Hall–Kier alpha value is -1.47. The highest BCUT2D eigenvalue weighted by molar-refractivity contribution is 5.47. The molecule has 0 bridgehead atoms. The molecule has 0 amide bonds. The van der Waals surface area contributed by atoms with Gasteiger partial charge in [-0.05, 0) is 19.1 Å². The molecule has 3 nitrogen and oxygen atoms in total. The van der Waals surface area contributed by atoms with Gasteiger partial charge in [-0.15, -0.1) is 0 Å². The van der Waals surface area contributed by atoms with E-state index in [4.69, 9.17) is 0 Å². The number of aryl methyl sites for hydroxylation is 1. The quantitative estimate of drug-likeness (QED) is 0.472. The van der Waals surface area contributed by atoms with E-state index in [1.54, 1.807) is 12.1 Å². The van der Waals surface area contributed by atoms with E-state index in [-0.39, 0.29) is 0 Å². The summed E-state index contributed by atoms with van der Waals surface area (Å²) < 4.78 is 0. The number of hydrogen-bond acceptors (Lipinski definition) is 3. The SMILES string of the molecule is CC.Cc1ccc(N=C=O)cn1. The summed E-state index contributed by atoms with van der Waals surface area (Å²) in [4.78, 5) is 17.0. The fraction of sp³-hybridized carbons (Fsp3) is 0.333. The fourth-order valence-corrected chi connectivity index (χ4v) is 0.579. The van der Waals surface area contributed by atoms with E-state index in [9.17, 15) is 4.79 Å². The van der Waals surface area contributed by atoms with Gasteiger partial charge in [0.25, 0.3) is 0 Å². The summed E-state index contributed by atoms with van der Waals surface area (Å²) in [6.45, 7) is 5.87. The first-order valence-electron chi connectivity index (χ1n) is 3.83. The van der Waals surface area contributed by atoms with Gasteiger partial charge >= 0.3 is 0 Å². The monoisotopic (exact) mass is 164 g/mol. The van der Waals surface area contributed by atoms with Gasteiger partial charge in [0.15, 0.2) is 0 Å². The third-order valence-electron chi connectivity index (χ3n) is 1.07. The molecule has 0 atom stereocenters. The van der Waals surface area contributed by atoms with Crippen LogP contribution in [-0.2, 0) is 4.79 Å². The number of carbonyl (C=O) groups excluding carboxylic acids is 1. The van der Waals surface area contributed by atoms with Gasteiger partial charge in [-0.1, -0.05) is 13.8 Å². The van der Waals surface area contributed by atoms with Crippen molar-refractivity contribution in [2.24, 2.45) is 4.99 Å². The number of rotatable bonds is 1.